The monoisotopic (exact) mass is 442 g/mol. The van der Waals surface area contributed by atoms with Gasteiger partial charge in [0, 0.05) is 22.1 Å². The van der Waals surface area contributed by atoms with Crippen LogP contribution in [0.1, 0.15) is 12.8 Å². The summed E-state index contributed by atoms with van der Waals surface area (Å²) < 4.78 is 8.11. The third-order valence-corrected chi connectivity index (χ3v) is 4.30. The summed E-state index contributed by atoms with van der Waals surface area (Å²) in [7, 11) is 0. The molecular weight excluding hydrogens is 431 g/mol. The molecule has 3 aromatic rings. The molecule has 6 nitrogen and oxygen atoms in total. The Kier molecular flexibility index (Phi) is 5.78. The van der Waals surface area contributed by atoms with Crippen LogP contribution in [0.2, 0.25) is 10.0 Å². The molecule has 3 rings (SSSR count). The van der Waals surface area contributed by atoms with Crippen molar-refractivity contribution in [3.8, 4) is 5.75 Å². The maximum atomic E-state index is 12.1. The number of rotatable bonds is 6. The van der Waals surface area contributed by atoms with Crippen molar-refractivity contribution < 1.29 is 9.53 Å². The highest BCUT2D eigenvalue weighted by Crippen LogP contribution is 2.27. The molecule has 1 N–H and O–H groups in total. The topological polar surface area (TPSA) is 68.5 Å². The first-order chi connectivity index (χ1) is 12.0. The first-order valence-corrected chi connectivity index (χ1v) is 8.94. The SMILES string of the molecule is O=C(CCCOc1ccc(Cl)cc1Cl)Nc1cc(Br)cn2cnnc12. The molecule has 1 aromatic carbocycles. The van der Waals surface area contributed by atoms with E-state index in [0.717, 1.165) is 4.47 Å². The number of pyridine rings is 1. The number of anilines is 1. The van der Waals surface area contributed by atoms with Gasteiger partial charge in [-0.2, -0.15) is 0 Å². The van der Waals surface area contributed by atoms with Crippen LogP contribution in [0.25, 0.3) is 5.65 Å². The normalized spacial score (nSPS) is 10.8. The van der Waals surface area contributed by atoms with E-state index < -0.39 is 0 Å². The minimum absolute atomic E-state index is 0.131. The molecule has 0 aliphatic carbocycles. The number of amides is 1. The highest BCUT2D eigenvalue weighted by molar-refractivity contribution is 9.10. The van der Waals surface area contributed by atoms with Gasteiger partial charge in [0.05, 0.1) is 17.3 Å². The van der Waals surface area contributed by atoms with Gasteiger partial charge in [0.15, 0.2) is 5.65 Å². The van der Waals surface area contributed by atoms with Crippen molar-refractivity contribution in [2.24, 2.45) is 0 Å². The van der Waals surface area contributed by atoms with Gasteiger partial charge in [0.2, 0.25) is 5.91 Å². The highest BCUT2D eigenvalue weighted by atomic mass is 79.9. The second-order valence-electron chi connectivity index (χ2n) is 5.21. The average Bonchev–Trinajstić information content (AvgIpc) is 3.01. The van der Waals surface area contributed by atoms with Crippen LogP contribution in [0, 0.1) is 0 Å². The van der Waals surface area contributed by atoms with Crippen LogP contribution >= 0.6 is 39.1 Å². The van der Waals surface area contributed by atoms with E-state index in [4.69, 9.17) is 27.9 Å². The van der Waals surface area contributed by atoms with Crippen LogP contribution in [-0.2, 0) is 4.79 Å². The lowest BCUT2D eigenvalue weighted by molar-refractivity contribution is -0.116. The second-order valence-corrected chi connectivity index (χ2v) is 6.97. The number of aromatic nitrogens is 3. The van der Waals surface area contributed by atoms with Crippen LogP contribution in [0.15, 0.2) is 41.3 Å². The Hall–Kier alpha value is -1.83. The van der Waals surface area contributed by atoms with Crippen LogP contribution in [-0.4, -0.2) is 27.1 Å². The standard InChI is InChI=1S/C16H13BrCl2N4O2/c17-10-6-13(16-22-20-9-23(16)8-10)21-15(24)2-1-5-25-14-4-3-11(18)7-12(14)19/h3-4,6-9H,1-2,5H2,(H,21,24). The van der Waals surface area contributed by atoms with Gasteiger partial charge in [0.1, 0.15) is 12.1 Å². The molecule has 9 heteroatoms. The van der Waals surface area contributed by atoms with E-state index in [1.54, 1.807) is 35.0 Å². The Balaban J connectivity index is 1.52. The quantitative estimate of drug-likeness (QED) is 0.565. The van der Waals surface area contributed by atoms with Crippen molar-refractivity contribution >= 4 is 56.4 Å². The van der Waals surface area contributed by atoms with E-state index in [0.29, 0.717) is 46.6 Å². The van der Waals surface area contributed by atoms with Crippen molar-refractivity contribution in [3.05, 3.63) is 51.3 Å². The van der Waals surface area contributed by atoms with E-state index in [9.17, 15) is 4.79 Å². The first-order valence-electron chi connectivity index (χ1n) is 7.39. The zero-order valence-electron chi connectivity index (χ0n) is 12.9. The summed E-state index contributed by atoms with van der Waals surface area (Å²) in [5.74, 6) is 0.414. The van der Waals surface area contributed by atoms with Crippen molar-refractivity contribution in [3.63, 3.8) is 0 Å². The van der Waals surface area contributed by atoms with E-state index in [2.05, 4.69) is 31.4 Å². The minimum atomic E-state index is -0.131. The van der Waals surface area contributed by atoms with Gasteiger partial charge in [-0.25, -0.2) is 0 Å². The second kappa shape index (κ2) is 8.03. The fourth-order valence-corrected chi connectivity index (χ4v) is 3.13. The maximum absolute atomic E-state index is 12.1. The fraction of sp³-hybridized carbons (Fsp3) is 0.188. The summed E-state index contributed by atoms with van der Waals surface area (Å²) in [6.45, 7) is 0.369. The Morgan fingerprint density at radius 3 is 2.96 bits per heavy atom. The van der Waals surface area contributed by atoms with E-state index in [1.807, 2.05) is 6.20 Å². The lowest BCUT2D eigenvalue weighted by Crippen LogP contribution is -2.13. The maximum Gasteiger partial charge on any atom is 0.224 e. The molecule has 130 valence electrons. The first kappa shape index (κ1) is 18.0. The molecule has 0 aliphatic rings. The number of benzene rings is 1. The number of hydrogen-bond acceptors (Lipinski definition) is 4. The van der Waals surface area contributed by atoms with Crippen LogP contribution in [0.5, 0.6) is 5.75 Å². The Morgan fingerprint density at radius 2 is 2.16 bits per heavy atom. The number of fused-ring (bicyclic) bond motifs is 1. The molecule has 0 unspecified atom stereocenters. The lowest BCUT2D eigenvalue weighted by atomic mass is 10.3. The van der Waals surface area contributed by atoms with Crippen molar-refractivity contribution in [1.29, 1.82) is 0 Å². The van der Waals surface area contributed by atoms with Gasteiger partial charge in [0.25, 0.3) is 0 Å². The zero-order valence-corrected chi connectivity index (χ0v) is 16.0. The van der Waals surface area contributed by atoms with Crippen LogP contribution in [0.3, 0.4) is 0 Å². The molecule has 0 fully saturated rings. The van der Waals surface area contributed by atoms with Gasteiger partial charge in [-0.05, 0) is 46.6 Å². The highest BCUT2D eigenvalue weighted by Gasteiger charge is 2.10. The molecule has 0 bridgehead atoms. The Labute approximate surface area is 162 Å². The Morgan fingerprint density at radius 1 is 1.32 bits per heavy atom. The average molecular weight is 444 g/mol. The van der Waals surface area contributed by atoms with Gasteiger partial charge in [-0.3, -0.25) is 9.20 Å². The molecule has 0 atom stereocenters. The van der Waals surface area contributed by atoms with Crippen LogP contribution < -0.4 is 10.1 Å². The third-order valence-electron chi connectivity index (χ3n) is 3.33. The summed E-state index contributed by atoms with van der Waals surface area (Å²) in [5, 5.41) is 11.7. The number of ether oxygens (including phenoxy) is 1. The van der Waals surface area contributed by atoms with Gasteiger partial charge >= 0.3 is 0 Å². The van der Waals surface area contributed by atoms with E-state index >= 15 is 0 Å². The third kappa shape index (κ3) is 4.62. The van der Waals surface area contributed by atoms with Crippen molar-refractivity contribution in [2.75, 3.05) is 11.9 Å². The molecule has 2 aromatic heterocycles. The molecule has 0 aliphatic heterocycles. The number of hydrogen-bond donors (Lipinski definition) is 1. The predicted molar refractivity (Wildman–Crippen MR) is 101 cm³/mol. The lowest BCUT2D eigenvalue weighted by Gasteiger charge is -2.09. The molecule has 1 amide bonds. The number of nitrogens with zero attached hydrogens (tertiary/aromatic N) is 3. The fourth-order valence-electron chi connectivity index (χ4n) is 2.21. The van der Waals surface area contributed by atoms with Gasteiger partial charge in [-0.15, -0.1) is 10.2 Å². The number of halogens is 3. The summed E-state index contributed by atoms with van der Waals surface area (Å²) in [4.78, 5) is 12.1. The number of nitrogens with one attached hydrogen (secondary N) is 1. The minimum Gasteiger partial charge on any atom is -0.492 e. The Bertz CT molecular complexity index is 916. The number of carbonyl (C=O) groups is 1. The van der Waals surface area contributed by atoms with Crippen molar-refractivity contribution in [1.82, 2.24) is 14.6 Å². The van der Waals surface area contributed by atoms with E-state index in [-0.39, 0.29) is 5.91 Å². The smallest absolute Gasteiger partial charge is 0.224 e. The summed E-state index contributed by atoms with van der Waals surface area (Å²) in [5.41, 5.74) is 1.18. The zero-order chi connectivity index (χ0) is 17.8. The summed E-state index contributed by atoms with van der Waals surface area (Å²) in [6, 6.07) is 6.80. The number of carbonyl (C=O) groups excluding carboxylic acids is 1. The largest absolute Gasteiger partial charge is 0.492 e. The van der Waals surface area contributed by atoms with Gasteiger partial charge < -0.3 is 10.1 Å². The van der Waals surface area contributed by atoms with E-state index in [1.165, 1.54) is 0 Å². The van der Waals surface area contributed by atoms with Crippen molar-refractivity contribution in [2.45, 2.75) is 12.8 Å². The van der Waals surface area contributed by atoms with Gasteiger partial charge in [-0.1, -0.05) is 23.2 Å². The molecule has 0 spiro atoms. The molecule has 0 radical (unpaired) electrons. The van der Waals surface area contributed by atoms with Crippen LogP contribution in [0.4, 0.5) is 5.69 Å². The molecular formula is C16H13BrCl2N4O2. The molecule has 25 heavy (non-hydrogen) atoms. The molecule has 0 saturated heterocycles. The molecule has 2 heterocycles. The predicted octanol–water partition coefficient (Wildman–Crippen LogP) is 4.60. The molecule has 0 saturated carbocycles. The summed E-state index contributed by atoms with van der Waals surface area (Å²) >= 11 is 15.3. The summed E-state index contributed by atoms with van der Waals surface area (Å²) in [6.07, 6.45) is 4.23.